The topological polar surface area (TPSA) is 71.1 Å². The Morgan fingerprint density at radius 2 is 1.56 bits per heavy atom. The van der Waals surface area contributed by atoms with Crippen molar-refractivity contribution >= 4 is 50.0 Å². The number of carbonyl (C=O) groups is 2. The second kappa shape index (κ2) is 11.3. The third kappa shape index (κ3) is 10.3. The van der Waals surface area contributed by atoms with Crippen LogP contribution >= 0.6 is 0 Å². The summed E-state index contributed by atoms with van der Waals surface area (Å²) in [6.07, 6.45) is -2.47. The Labute approximate surface area is 125 Å². The van der Waals surface area contributed by atoms with Crippen molar-refractivity contribution in [3.63, 3.8) is 0 Å². The average Bonchev–Trinajstić information content (AvgIpc) is 2.15. The quantitative estimate of drug-likeness (QED) is 0.533. The van der Waals surface area contributed by atoms with Crippen molar-refractivity contribution in [3.8, 4) is 0 Å². The van der Waals surface area contributed by atoms with Crippen LogP contribution in [0.5, 0.6) is 0 Å². The maximum absolute atomic E-state index is 10.8. The Morgan fingerprint density at radius 3 is 2.06 bits per heavy atom. The zero-order valence-corrected chi connectivity index (χ0v) is 8.86. The van der Waals surface area contributed by atoms with Gasteiger partial charge in [0.15, 0.2) is 0 Å². The van der Waals surface area contributed by atoms with Crippen molar-refractivity contribution in [1.82, 2.24) is 0 Å². The molecule has 0 aromatic heterocycles. The fourth-order valence-corrected chi connectivity index (χ4v) is 0.642. The zero-order chi connectivity index (χ0) is 11.7. The van der Waals surface area contributed by atoms with E-state index >= 15 is 0 Å². The molecule has 1 radical (unpaired) electrons. The molecule has 0 fully saturated rings. The van der Waals surface area contributed by atoms with Crippen LogP contribution in [0, 0.1) is 6.92 Å². The molecule has 0 aromatic rings. The minimum atomic E-state index is -0.843. The van der Waals surface area contributed by atoms with Crippen LogP contribution in [0.4, 0.5) is 9.59 Å². The molecule has 0 heterocycles. The molecule has 0 bridgehead atoms. The SMILES string of the molecule is [CH2]C(COC(=O)OCC)OC(=O)OCC.[CaH2]. The minimum absolute atomic E-state index is 0. The molecule has 1 atom stereocenters. The summed E-state index contributed by atoms with van der Waals surface area (Å²) in [5.74, 6) is 0. The van der Waals surface area contributed by atoms with Gasteiger partial charge in [-0.25, -0.2) is 9.59 Å². The van der Waals surface area contributed by atoms with Gasteiger partial charge in [-0.1, -0.05) is 0 Å². The molecule has 1 unspecified atom stereocenters. The number of hydrogen-bond acceptors (Lipinski definition) is 6. The zero-order valence-electron chi connectivity index (χ0n) is 8.86. The summed E-state index contributed by atoms with van der Waals surface area (Å²) in [6.45, 7) is 7.00. The van der Waals surface area contributed by atoms with E-state index in [1.807, 2.05) is 0 Å². The van der Waals surface area contributed by atoms with E-state index in [0.29, 0.717) is 0 Å². The molecule has 0 amide bonds. The maximum atomic E-state index is 10.8. The fourth-order valence-electron chi connectivity index (χ4n) is 0.642. The van der Waals surface area contributed by atoms with E-state index in [1.54, 1.807) is 13.8 Å². The second-order valence-electron chi connectivity index (χ2n) is 2.42. The summed E-state index contributed by atoms with van der Waals surface area (Å²) < 4.78 is 18.2. The molecule has 16 heavy (non-hydrogen) atoms. The first-order valence-electron chi connectivity index (χ1n) is 4.56. The van der Waals surface area contributed by atoms with E-state index in [0.717, 1.165) is 0 Å². The van der Waals surface area contributed by atoms with E-state index in [-0.39, 0.29) is 57.6 Å². The van der Waals surface area contributed by atoms with E-state index in [1.165, 1.54) is 0 Å². The van der Waals surface area contributed by atoms with Gasteiger partial charge in [-0.2, -0.15) is 0 Å². The molecule has 6 nitrogen and oxygen atoms in total. The molecular formula is C9H17CaO6. The standard InChI is InChI=1S/C9H15O6.Ca.2H/c1-4-12-8(10)14-6-7(3)15-9(11)13-5-2;;;/h7H,3-6H2,1-2H3;;;. The van der Waals surface area contributed by atoms with Crippen LogP contribution < -0.4 is 0 Å². The number of rotatable bonds is 5. The Kier molecular flexibility index (Phi) is 12.8. The Morgan fingerprint density at radius 1 is 1.06 bits per heavy atom. The first kappa shape index (κ1) is 18.2. The summed E-state index contributed by atoms with van der Waals surface area (Å²) in [4.78, 5) is 21.5. The van der Waals surface area contributed by atoms with Gasteiger partial charge < -0.3 is 18.9 Å². The van der Waals surface area contributed by atoms with Gasteiger partial charge in [-0.15, -0.1) is 0 Å². The molecular weight excluding hydrogens is 244 g/mol. The fraction of sp³-hybridized carbons (Fsp3) is 0.667. The average molecular weight is 261 g/mol. The Balaban J connectivity index is 0. The normalized spacial score (nSPS) is 10.7. The first-order valence-corrected chi connectivity index (χ1v) is 4.56. The van der Waals surface area contributed by atoms with Crippen LogP contribution in [-0.4, -0.2) is 76.0 Å². The molecule has 0 saturated carbocycles. The van der Waals surface area contributed by atoms with Gasteiger partial charge >= 0.3 is 50.0 Å². The molecule has 0 aliphatic rings. The molecule has 0 spiro atoms. The molecule has 0 rings (SSSR count). The van der Waals surface area contributed by atoms with Crippen LogP contribution in [-0.2, 0) is 18.9 Å². The van der Waals surface area contributed by atoms with E-state index in [2.05, 4.69) is 25.9 Å². The van der Waals surface area contributed by atoms with Gasteiger partial charge in [-0.05, 0) is 20.8 Å². The summed E-state index contributed by atoms with van der Waals surface area (Å²) in [5.41, 5.74) is 0. The summed E-state index contributed by atoms with van der Waals surface area (Å²) in [7, 11) is 0. The van der Waals surface area contributed by atoms with Crippen molar-refractivity contribution < 1.29 is 28.5 Å². The third-order valence-corrected chi connectivity index (χ3v) is 1.17. The van der Waals surface area contributed by atoms with Crippen LogP contribution in [0.25, 0.3) is 0 Å². The molecule has 0 aliphatic heterocycles. The number of ether oxygens (including phenoxy) is 4. The van der Waals surface area contributed by atoms with Crippen molar-refractivity contribution in [2.24, 2.45) is 0 Å². The van der Waals surface area contributed by atoms with Gasteiger partial charge in [0, 0.05) is 0 Å². The molecule has 7 heteroatoms. The van der Waals surface area contributed by atoms with Crippen LogP contribution in [0.3, 0.4) is 0 Å². The molecule has 91 valence electrons. The van der Waals surface area contributed by atoms with Crippen LogP contribution in [0.1, 0.15) is 13.8 Å². The van der Waals surface area contributed by atoms with Gasteiger partial charge in [0.25, 0.3) is 0 Å². The second-order valence-corrected chi connectivity index (χ2v) is 2.42. The first-order chi connectivity index (χ1) is 7.10. The van der Waals surface area contributed by atoms with Crippen molar-refractivity contribution in [2.75, 3.05) is 19.8 Å². The van der Waals surface area contributed by atoms with Crippen molar-refractivity contribution in [3.05, 3.63) is 6.92 Å². The number of hydrogen-bond donors (Lipinski definition) is 0. The monoisotopic (exact) mass is 261 g/mol. The molecule has 0 aliphatic carbocycles. The van der Waals surface area contributed by atoms with Crippen LogP contribution in [0.2, 0.25) is 0 Å². The van der Waals surface area contributed by atoms with Crippen LogP contribution in [0.15, 0.2) is 0 Å². The van der Waals surface area contributed by atoms with Gasteiger partial charge in [0.05, 0.1) is 13.2 Å². The molecule has 0 N–H and O–H groups in total. The summed E-state index contributed by atoms with van der Waals surface area (Å²) >= 11 is 0. The predicted octanol–water partition coefficient (Wildman–Crippen LogP) is 0.619. The Hall–Kier alpha value is -0.200. The molecule has 0 aromatic carbocycles. The van der Waals surface area contributed by atoms with Gasteiger partial charge in [0.2, 0.25) is 0 Å². The summed E-state index contributed by atoms with van der Waals surface area (Å²) in [6, 6.07) is 0. The van der Waals surface area contributed by atoms with E-state index in [4.69, 9.17) is 0 Å². The molecule has 0 saturated heterocycles. The summed E-state index contributed by atoms with van der Waals surface area (Å²) in [5, 5.41) is 0. The van der Waals surface area contributed by atoms with Gasteiger partial charge in [0.1, 0.15) is 12.7 Å². The van der Waals surface area contributed by atoms with Crippen molar-refractivity contribution in [1.29, 1.82) is 0 Å². The van der Waals surface area contributed by atoms with Crippen molar-refractivity contribution in [2.45, 2.75) is 20.0 Å². The van der Waals surface area contributed by atoms with Gasteiger partial charge in [-0.3, -0.25) is 0 Å². The predicted molar refractivity (Wildman–Crippen MR) is 58.8 cm³/mol. The number of carbonyl (C=O) groups excluding carboxylic acids is 2. The van der Waals surface area contributed by atoms with E-state index in [9.17, 15) is 9.59 Å². The third-order valence-electron chi connectivity index (χ3n) is 1.17. The van der Waals surface area contributed by atoms with E-state index < -0.39 is 18.4 Å². The Bertz CT molecular complexity index is 208.